The molecule has 0 aromatic carbocycles. The molecule has 0 bridgehead atoms. The van der Waals surface area contributed by atoms with Gasteiger partial charge in [-0.2, -0.15) is 0 Å². The zero-order chi connectivity index (χ0) is 21.3. The third-order valence-electron chi connectivity index (χ3n) is 5.28. The summed E-state index contributed by atoms with van der Waals surface area (Å²) in [5, 5.41) is 2.68. The Morgan fingerprint density at radius 1 is 0.828 bits per heavy atom. The molecule has 2 aliphatic heterocycles. The van der Waals surface area contributed by atoms with Crippen molar-refractivity contribution >= 4 is 17.9 Å². The molecule has 2 saturated heterocycles. The summed E-state index contributed by atoms with van der Waals surface area (Å²) in [5.41, 5.74) is -0.520. The molecule has 0 unspecified atom stereocenters. The van der Waals surface area contributed by atoms with Gasteiger partial charge in [0.05, 0.1) is 6.54 Å². The first-order valence-corrected chi connectivity index (χ1v) is 11.0. The summed E-state index contributed by atoms with van der Waals surface area (Å²) >= 11 is 0. The Kier molecular flexibility index (Phi) is 9.20. The van der Waals surface area contributed by atoms with Gasteiger partial charge in [-0.05, 0) is 40.0 Å². The summed E-state index contributed by atoms with van der Waals surface area (Å²) in [6, 6.07) is 0. The van der Waals surface area contributed by atoms with E-state index in [1.54, 1.807) is 0 Å². The summed E-state index contributed by atoms with van der Waals surface area (Å²) < 4.78 is 5.17. The quantitative estimate of drug-likeness (QED) is 0.676. The Hall–Kier alpha value is -1.83. The summed E-state index contributed by atoms with van der Waals surface area (Å²) in [5.74, 6) is 0.328. The zero-order valence-electron chi connectivity index (χ0n) is 18.4. The second kappa shape index (κ2) is 11.4. The fourth-order valence-corrected chi connectivity index (χ4v) is 3.67. The number of amides is 3. The topological polar surface area (TPSA) is 82.2 Å². The van der Waals surface area contributed by atoms with Gasteiger partial charge in [0.25, 0.3) is 0 Å². The van der Waals surface area contributed by atoms with Gasteiger partial charge in [-0.1, -0.05) is 12.8 Å². The van der Waals surface area contributed by atoms with Crippen molar-refractivity contribution in [2.75, 3.05) is 52.4 Å². The lowest BCUT2D eigenvalue weighted by Gasteiger charge is -2.35. The van der Waals surface area contributed by atoms with Crippen molar-refractivity contribution in [2.45, 2.75) is 64.9 Å². The van der Waals surface area contributed by atoms with Crippen LogP contribution in [0.5, 0.6) is 0 Å². The van der Waals surface area contributed by atoms with Gasteiger partial charge in [0.1, 0.15) is 5.60 Å². The van der Waals surface area contributed by atoms with Crippen molar-refractivity contribution in [3.05, 3.63) is 0 Å². The molecular formula is C21H38N4O4. The number of carbonyl (C=O) groups is 3. The summed E-state index contributed by atoms with van der Waals surface area (Å²) in [7, 11) is 0. The average molecular weight is 411 g/mol. The molecule has 29 heavy (non-hydrogen) atoms. The number of carbonyl (C=O) groups excluding carboxylic acids is 3. The van der Waals surface area contributed by atoms with E-state index in [0.29, 0.717) is 39.0 Å². The Labute approximate surface area is 174 Å². The minimum absolute atomic E-state index is 0.106. The van der Waals surface area contributed by atoms with Crippen LogP contribution in [0.1, 0.15) is 59.3 Å². The highest BCUT2D eigenvalue weighted by Gasteiger charge is 2.24. The molecule has 0 radical (unpaired) electrons. The monoisotopic (exact) mass is 410 g/mol. The highest BCUT2D eigenvalue weighted by atomic mass is 16.6. The van der Waals surface area contributed by atoms with Gasteiger partial charge in [-0.25, -0.2) is 4.79 Å². The molecule has 2 aliphatic rings. The molecule has 8 nitrogen and oxygen atoms in total. The van der Waals surface area contributed by atoms with Crippen LogP contribution in [0.15, 0.2) is 0 Å². The number of piperazine rings is 1. The average Bonchev–Trinajstić information content (AvgIpc) is 2.94. The zero-order valence-corrected chi connectivity index (χ0v) is 18.4. The molecule has 1 N–H and O–H groups in total. The molecule has 0 saturated carbocycles. The molecule has 2 heterocycles. The lowest BCUT2D eigenvalue weighted by atomic mass is 10.2. The molecule has 0 aliphatic carbocycles. The molecule has 166 valence electrons. The number of rotatable bonds is 6. The van der Waals surface area contributed by atoms with Gasteiger partial charge in [0, 0.05) is 52.2 Å². The van der Waals surface area contributed by atoms with E-state index in [0.717, 1.165) is 39.0 Å². The number of hydrogen-bond acceptors (Lipinski definition) is 5. The van der Waals surface area contributed by atoms with E-state index in [1.807, 2.05) is 30.6 Å². The van der Waals surface area contributed by atoms with Gasteiger partial charge >= 0.3 is 6.09 Å². The van der Waals surface area contributed by atoms with E-state index in [2.05, 4.69) is 10.2 Å². The van der Waals surface area contributed by atoms with Crippen LogP contribution in [0.3, 0.4) is 0 Å². The largest absolute Gasteiger partial charge is 0.444 e. The van der Waals surface area contributed by atoms with E-state index in [9.17, 15) is 14.4 Å². The van der Waals surface area contributed by atoms with E-state index in [4.69, 9.17) is 4.74 Å². The van der Waals surface area contributed by atoms with Crippen LogP contribution in [0, 0.1) is 0 Å². The smallest absolute Gasteiger partial charge is 0.407 e. The van der Waals surface area contributed by atoms with Crippen molar-refractivity contribution in [3.8, 4) is 0 Å². The van der Waals surface area contributed by atoms with Crippen LogP contribution < -0.4 is 5.32 Å². The molecule has 8 heteroatoms. The third-order valence-corrected chi connectivity index (χ3v) is 5.28. The first-order valence-electron chi connectivity index (χ1n) is 11.0. The maximum atomic E-state index is 12.5. The highest BCUT2D eigenvalue weighted by molar-refractivity contribution is 5.78. The van der Waals surface area contributed by atoms with E-state index >= 15 is 0 Å². The van der Waals surface area contributed by atoms with Crippen molar-refractivity contribution in [2.24, 2.45) is 0 Å². The highest BCUT2D eigenvalue weighted by Crippen LogP contribution is 2.11. The molecule has 0 atom stereocenters. The lowest BCUT2D eigenvalue weighted by Crippen LogP contribution is -2.51. The maximum absolute atomic E-state index is 12.5. The number of hydrogen-bond donors (Lipinski definition) is 1. The Morgan fingerprint density at radius 3 is 2.00 bits per heavy atom. The number of ether oxygens (including phenoxy) is 1. The number of likely N-dealkylation sites (tertiary alicyclic amines) is 1. The summed E-state index contributed by atoms with van der Waals surface area (Å²) in [4.78, 5) is 42.5. The van der Waals surface area contributed by atoms with E-state index in [1.165, 1.54) is 12.8 Å². The molecule has 0 aromatic heterocycles. The van der Waals surface area contributed by atoms with Gasteiger partial charge < -0.3 is 19.9 Å². The Morgan fingerprint density at radius 2 is 1.41 bits per heavy atom. The second-order valence-corrected chi connectivity index (χ2v) is 8.98. The first kappa shape index (κ1) is 23.4. The molecule has 2 fully saturated rings. The SMILES string of the molecule is CC(C)(C)OC(=O)NCCCC(=O)N1CCN(CC(=O)N2CCCCCC2)CC1. The van der Waals surface area contributed by atoms with Crippen molar-refractivity contribution < 1.29 is 19.1 Å². The van der Waals surface area contributed by atoms with Gasteiger partial charge in [-0.3, -0.25) is 14.5 Å². The van der Waals surface area contributed by atoms with E-state index < -0.39 is 11.7 Å². The molecule has 3 amide bonds. The summed E-state index contributed by atoms with van der Waals surface area (Å²) in [6.45, 7) is 10.9. The Bertz CT molecular complexity index is 545. The van der Waals surface area contributed by atoms with E-state index in [-0.39, 0.29) is 11.8 Å². The normalized spacial score (nSPS) is 18.9. The molecule has 2 rings (SSSR count). The van der Waals surface area contributed by atoms with Crippen LogP contribution in [0.2, 0.25) is 0 Å². The van der Waals surface area contributed by atoms with Crippen LogP contribution in [0.4, 0.5) is 4.79 Å². The van der Waals surface area contributed by atoms with Gasteiger partial charge in [-0.15, -0.1) is 0 Å². The van der Waals surface area contributed by atoms with Crippen molar-refractivity contribution in [1.29, 1.82) is 0 Å². The second-order valence-electron chi connectivity index (χ2n) is 8.98. The molecule has 0 aromatic rings. The van der Waals surface area contributed by atoms with Crippen molar-refractivity contribution in [3.63, 3.8) is 0 Å². The number of nitrogens with one attached hydrogen (secondary N) is 1. The number of nitrogens with zero attached hydrogens (tertiary/aromatic N) is 3. The van der Waals surface area contributed by atoms with Crippen molar-refractivity contribution in [1.82, 2.24) is 20.0 Å². The van der Waals surface area contributed by atoms with Crippen LogP contribution in [-0.2, 0) is 14.3 Å². The molecule has 0 spiro atoms. The predicted octanol–water partition coefficient (Wildman–Crippen LogP) is 1.84. The van der Waals surface area contributed by atoms with Gasteiger partial charge in [0.15, 0.2) is 0 Å². The fourth-order valence-electron chi connectivity index (χ4n) is 3.67. The first-order chi connectivity index (χ1) is 13.7. The van der Waals surface area contributed by atoms with Gasteiger partial charge in [0.2, 0.25) is 11.8 Å². The van der Waals surface area contributed by atoms with Crippen LogP contribution in [-0.4, -0.2) is 90.6 Å². The number of alkyl carbamates (subject to hydrolysis) is 1. The minimum Gasteiger partial charge on any atom is -0.444 e. The minimum atomic E-state index is -0.520. The Balaban J connectivity index is 1.60. The maximum Gasteiger partial charge on any atom is 0.407 e. The van der Waals surface area contributed by atoms with Crippen LogP contribution in [0.25, 0.3) is 0 Å². The summed E-state index contributed by atoms with van der Waals surface area (Å²) in [6.07, 6.45) is 5.20. The standard InChI is InChI=1S/C21H38N4O4/c1-21(2,3)29-20(28)22-10-8-9-18(26)25-15-13-23(14-16-25)17-19(27)24-11-6-4-5-7-12-24/h4-17H2,1-3H3,(H,22,28). The molecular weight excluding hydrogens is 372 g/mol. The predicted molar refractivity (Wildman–Crippen MR) is 112 cm³/mol. The lowest BCUT2D eigenvalue weighted by molar-refractivity contribution is -0.135. The fraction of sp³-hybridized carbons (Fsp3) is 0.857. The van der Waals surface area contributed by atoms with Crippen LogP contribution >= 0.6 is 0 Å². The third kappa shape index (κ3) is 9.02.